The normalized spacial score (nSPS) is 26.9. The van der Waals surface area contributed by atoms with Crippen molar-refractivity contribution in [1.29, 1.82) is 0 Å². The Kier molecular flexibility index (Phi) is 5.32. The van der Waals surface area contributed by atoms with E-state index in [1.807, 2.05) is 44.2 Å². The largest absolute Gasteiger partial charge is 0.368 e. The van der Waals surface area contributed by atoms with Crippen molar-refractivity contribution in [2.45, 2.75) is 57.3 Å². The third-order valence-corrected chi connectivity index (χ3v) is 5.72. The fourth-order valence-corrected chi connectivity index (χ4v) is 4.28. The number of hydrogen-bond acceptors (Lipinski definition) is 6. The van der Waals surface area contributed by atoms with Crippen LogP contribution < -0.4 is 5.56 Å². The predicted molar refractivity (Wildman–Crippen MR) is 114 cm³/mol. The lowest BCUT2D eigenvalue weighted by atomic mass is 10.0. The zero-order valence-corrected chi connectivity index (χ0v) is 18.0. The molecule has 7 nitrogen and oxygen atoms in total. The Labute approximate surface area is 184 Å². The molecular weight excluding hydrogens is 420 g/mol. The molecule has 31 heavy (non-hydrogen) atoms. The summed E-state index contributed by atoms with van der Waals surface area (Å²) in [7, 11) is 0. The van der Waals surface area contributed by atoms with Crippen molar-refractivity contribution in [3.63, 3.8) is 0 Å². The molecule has 2 saturated heterocycles. The van der Waals surface area contributed by atoms with Crippen LogP contribution in [0, 0.1) is 0 Å². The first-order chi connectivity index (χ1) is 14.9. The molecule has 4 heterocycles. The van der Waals surface area contributed by atoms with Crippen LogP contribution in [0.25, 0.3) is 5.65 Å². The SMILES string of the molecule is CC1(C)OC2O[C@@H](Cc3cn4cc(Cl)ccc4nc3=O)C(OCc3ccccc3)C2O1. The number of aromatic nitrogens is 2. The highest BCUT2D eigenvalue weighted by Gasteiger charge is 2.55. The van der Waals surface area contributed by atoms with E-state index < -0.39 is 24.3 Å². The summed E-state index contributed by atoms with van der Waals surface area (Å²) in [5.41, 5.74) is 1.79. The smallest absolute Gasteiger partial charge is 0.276 e. The molecule has 2 aromatic heterocycles. The second-order valence-electron chi connectivity index (χ2n) is 8.29. The van der Waals surface area contributed by atoms with Gasteiger partial charge in [-0.1, -0.05) is 41.9 Å². The van der Waals surface area contributed by atoms with Crippen LogP contribution in [0.15, 0.2) is 59.7 Å². The van der Waals surface area contributed by atoms with Gasteiger partial charge in [-0.2, -0.15) is 4.98 Å². The summed E-state index contributed by atoms with van der Waals surface area (Å²) in [5.74, 6) is -0.755. The zero-order chi connectivity index (χ0) is 21.6. The Morgan fingerprint density at radius 1 is 1.13 bits per heavy atom. The summed E-state index contributed by atoms with van der Waals surface area (Å²) in [4.78, 5) is 16.8. The van der Waals surface area contributed by atoms with Crippen LogP contribution in [0.2, 0.25) is 5.02 Å². The van der Waals surface area contributed by atoms with Gasteiger partial charge in [0.05, 0.1) is 17.7 Å². The molecule has 3 aromatic rings. The molecule has 2 aliphatic rings. The third-order valence-electron chi connectivity index (χ3n) is 5.50. The van der Waals surface area contributed by atoms with Crippen molar-refractivity contribution in [3.05, 3.63) is 81.4 Å². The van der Waals surface area contributed by atoms with Crippen LogP contribution in [0.1, 0.15) is 25.0 Å². The topological polar surface area (TPSA) is 71.3 Å². The average Bonchev–Trinajstić information content (AvgIpc) is 3.19. The Morgan fingerprint density at radius 2 is 1.94 bits per heavy atom. The second kappa shape index (κ2) is 8.00. The molecule has 2 fully saturated rings. The minimum absolute atomic E-state index is 0.299. The number of hydrogen-bond donors (Lipinski definition) is 0. The first-order valence-corrected chi connectivity index (χ1v) is 10.6. The van der Waals surface area contributed by atoms with Crippen molar-refractivity contribution >= 4 is 17.2 Å². The van der Waals surface area contributed by atoms with Crippen molar-refractivity contribution in [2.24, 2.45) is 0 Å². The van der Waals surface area contributed by atoms with Crippen molar-refractivity contribution < 1.29 is 18.9 Å². The number of nitrogens with zero attached hydrogens (tertiary/aromatic N) is 2. The number of rotatable bonds is 5. The van der Waals surface area contributed by atoms with Crippen LogP contribution in [0.3, 0.4) is 0 Å². The molecule has 8 heteroatoms. The molecule has 0 saturated carbocycles. The quantitative estimate of drug-likeness (QED) is 0.603. The van der Waals surface area contributed by atoms with Gasteiger partial charge in [-0.25, -0.2) is 0 Å². The Hall–Kier alpha value is -2.29. The van der Waals surface area contributed by atoms with Crippen molar-refractivity contribution in [3.8, 4) is 0 Å². The number of ether oxygens (including phenoxy) is 4. The van der Waals surface area contributed by atoms with Crippen molar-refractivity contribution in [1.82, 2.24) is 9.38 Å². The van der Waals surface area contributed by atoms with Gasteiger partial charge in [-0.3, -0.25) is 4.79 Å². The fraction of sp³-hybridized carbons (Fsp3) is 0.391. The summed E-state index contributed by atoms with van der Waals surface area (Å²) >= 11 is 6.09. The van der Waals surface area contributed by atoms with Crippen LogP contribution in [0.5, 0.6) is 0 Å². The zero-order valence-electron chi connectivity index (χ0n) is 17.2. The molecule has 0 amide bonds. The fourth-order valence-electron chi connectivity index (χ4n) is 4.12. The van der Waals surface area contributed by atoms with Gasteiger partial charge in [0.2, 0.25) is 0 Å². The van der Waals surface area contributed by atoms with Crippen LogP contribution in [-0.2, 0) is 32.0 Å². The van der Waals surface area contributed by atoms with E-state index in [0.29, 0.717) is 29.3 Å². The number of pyridine rings is 1. The monoisotopic (exact) mass is 442 g/mol. The van der Waals surface area contributed by atoms with Crippen molar-refractivity contribution in [2.75, 3.05) is 0 Å². The maximum absolute atomic E-state index is 12.6. The molecule has 5 rings (SSSR count). The van der Waals surface area contributed by atoms with Gasteiger partial charge in [0.15, 0.2) is 12.1 Å². The van der Waals surface area contributed by atoms with E-state index in [1.165, 1.54) is 0 Å². The van der Waals surface area contributed by atoms with Crippen LogP contribution in [0.4, 0.5) is 0 Å². The van der Waals surface area contributed by atoms with Gasteiger partial charge in [-0.05, 0) is 31.5 Å². The second-order valence-corrected chi connectivity index (χ2v) is 8.73. The van der Waals surface area contributed by atoms with Gasteiger partial charge in [0.25, 0.3) is 5.56 Å². The maximum Gasteiger partial charge on any atom is 0.276 e. The molecule has 2 aliphatic heterocycles. The standard InChI is InChI=1S/C23H23ClN2O5/c1-23(2)30-20-19(28-13-14-6-4-3-5-7-14)17(29-22(20)31-23)10-15-11-26-12-16(24)8-9-18(26)25-21(15)27/h3-9,11-12,17,19-20,22H,10,13H2,1-2H3/t17-,19?,20?,22?/m0/s1. The number of halogens is 1. The summed E-state index contributed by atoms with van der Waals surface area (Å²) in [6.45, 7) is 4.10. The molecule has 0 bridgehead atoms. The van der Waals surface area contributed by atoms with E-state index in [2.05, 4.69) is 4.98 Å². The first-order valence-electron chi connectivity index (χ1n) is 10.2. The molecule has 0 N–H and O–H groups in total. The van der Waals surface area contributed by atoms with Gasteiger partial charge >= 0.3 is 0 Å². The first kappa shape index (κ1) is 20.6. The highest BCUT2D eigenvalue weighted by Crippen LogP contribution is 2.39. The van der Waals surface area contributed by atoms with E-state index in [-0.39, 0.29) is 11.7 Å². The van der Waals surface area contributed by atoms with E-state index >= 15 is 0 Å². The van der Waals surface area contributed by atoms with E-state index in [1.54, 1.807) is 28.9 Å². The van der Waals surface area contributed by atoms with E-state index in [0.717, 1.165) is 5.56 Å². The number of benzene rings is 1. The highest BCUT2D eigenvalue weighted by atomic mass is 35.5. The Bertz CT molecular complexity index is 1150. The molecule has 1 aromatic carbocycles. The predicted octanol–water partition coefficient (Wildman–Crippen LogP) is 3.35. The Balaban J connectivity index is 1.41. The molecule has 0 aliphatic carbocycles. The van der Waals surface area contributed by atoms with Crippen LogP contribution in [-0.4, -0.2) is 39.8 Å². The highest BCUT2D eigenvalue weighted by molar-refractivity contribution is 6.30. The van der Waals surface area contributed by atoms with Gasteiger partial charge in [0.1, 0.15) is 17.9 Å². The Morgan fingerprint density at radius 3 is 2.74 bits per heavy atom. The van der Waals surface area contributed by atoms with Gasteiger partial charge in [-0.15, -0.1) is 0 Å². The third kappa shape index (κ3) is 4.24. The van der Waals surface area contributed by atoms with E-state index in [4.69, 9.17) is 30.5 Å². The molecule has 4 atom stereocenters. The summed E-state index contributed by atoms with van der Waals surface area (Å²) < 4.78 is 26.1. The van der Waals surface area contributed by atoms with Gasteiger partial charge < -0.3 is 23.3 Å². The summed E-state index contributed by atoms with van der Waals surface area (Å²) in [6, 6.07) is 13.3. The minimum atomic E-state index is -0.755. The molecule has 0 spiro atoms. The van der Waals surface area contributed by atoms with E-state index in [9.17, 15) is 4.79 Å². The number of fused-ring (bicyclic) bond motifs is 2. The average molecular weight is 443 g/mol. The lowest BCUT2D eigenvalue weighted by Crippen LogP contribution is -2.38. The summed E-state index contributed by atoms with van der Waals surface area (Å²) in [5, 5.41) is 0.559. The van der Waals surface area contributed by atoms with Gasteiger partial charge in [0, 0.05) is 24.4 Å². The minimum Gasteiger partial charge on any atom is -0.368 e. The molecule has 0 radical (unpaired) electrons. The molecular formula is C23H23ClN2O5. The lowest BCUT2D eigenvalue weighted by Gasteiger charge is -2.26. The molecule has 162 valence electrons. The lowest BCUT2D eigenvalue weighted by molar-refractivity contribution is -0.218. The molecule has 3 unspecified atom stereocenters. The maximum atomic E-state index is 12.6. The summed E-state index contributed by atoms with van der Waals surface area (Å²) in [6.07, 6.45) is 2.04. The van der Waals surface area contributed by atoms with Crippen LogP contribution >= 0.6 is 11.6 Å².